The van der Waals surface area contributed by atoms with Crippen molar-refractivity contribution in [3.05, 3.63) is 23.4 Å². The number of aromatic nitrogens is 1. The molecular weight excluding hydrogens is 316 g/mol. The zero-order valence-electron chi connectivity index (χ0n) is 15.3. The number of nitrogens with two attached hydrogens (primary N) is 1. The van der Waals surface area contributed by atoms with E-state index in [0.717, 1.165) is 29.9 Å². The Morgan fingerprint density at radius 1 is 1.40 bits per heavy atom. The van der Waals surface area contributed by atoms with E-state index in [1.165, 1.54) is 19.3 Å². The molecule has 0 aromatic carbocycles. The number of nitrogens with one attached hydrogen (secondary N) is 1. The van der Waals surface area contributed by atoms with Gasteiger partial charge in [-0.25, -0.2) is 4.98 Å². The largest absolute Gasteiger partial charge is 0.383 e. The van der Waals surface area contributed by atoms with Crippen LogP contribution in [0.2, 0.25) is 0 Å². The molecule has 1 aromatic heterocycles. The van der Waals surface area contributed by atoms with Gasteiger partial charge in [0.2, 0.25) is 5.91 Å². The van der Waals surface area contributed by atoms with Crippen LogP contribution in [0.5, 0.6) is 0 Å². The van der Waals surface area contributed by atoms with Crippen LogP contribution in [0.15, 0.2) is 12.1 Å². The molecule has 1 saturated heterocycles. The third-order valence-electron chi connectivity index (χ3n) is 5.48. The molecule has 1 amide bonds. The van der Waals surface area contributed by atoms with Crippen LogP contribution in [0.3, 0.4) is 0 Å². The Kier molecular flexibility index (Phi) is 5.91. The van der Waals surface area contributed by atoms with E-state index in [-0.39, 0.29) is 11.9 Å². The normalized spacial score (nSPS) is 25.7. The van der Waals surface area contributed by atoms with E-state index in [2.05, 4.69) is 23.2 Å². The van der Waals surface area contributed by atoms with Crippen molar-refractivity contribution in [3.63, 3.8) is 0 Å². The smallest absolute Gasteiger partial charge is 0.242 e. The number of hydrogen-bond acceptors (Lipinski definition) is 5. The molecule has 0 bridgehead atoms. The minimum absolute atomic E-state index is 0.0871. The van der Waals surface area contributed by atoms with Crippen LogP contribution in [0.25, 0.3) is 0 Å². The molecule has 1 aromatic rings. The molecule has 3 atom stereocenters. The van der Waals surface area contributed by atoms with Crippen LogP contribution < -0.4 is 16.0 Å². The molecule has 3 rings (SSSR count). The summed E-state index contributed by atoms with van der Waals surface area (Å²) in [7, 11) is 1.65. The van der Waals surface area contributed by atoms with Crippen LogP contribution in [-0.4, -0.2) is 43.2 Å². The number of methoxy groups -OCH3 is 1. The quantitative estimate of drug-likeness (QED) is 0.767. The lowest BCUT2D eigenvalue weighted by atomic mass is 9.84. The Balaban J connectivity index is 1.87. The lowest BCUT2D eigenvalue weighted by molar-refractivity contribution is -0.122. The fourth-order valence-electron chi connectivity index (χ4n) is 4.37. The number of ether oxygens (including phenoxy) is 1. The molecule has 25 heavy (non-hydrogen) atoms. The third kappa shape index (κ3) is 3.96. The summed E-state index contributed by atoms with van der Waals surface area (Å²) in [6.45, 7) is 3.56. The monoisotopic (exact) mass is 346 g/mol. The van der Waals surface area contributed by atoms with Crippen molar-refractivity contribution < 1.29 is 9.53 Å². The number of carbonyl (C=O) groups excluding carboxylic acids is 1. The van der Waals surface area contributed by atoms with E-state index in [0.29, 0.717) is 31.7 Å². The van der Waals surface area contributed by atoms with E-state index in [9.17, 15) is 4.79 Å². The summed E-state index contributed by atoms with van der Waals surface area (Å²) in [5.74, 6) is 1.57. The molecule has 1 aliphatic heterocycles. The van der Waals surface area contributed by atoms with Gasteiger partial charge in [-0.15, -0.1) is 0 Å². The average Bonchev–Trinajstić information content (AvgIpc) is 3.01. The molecule has 6 nitrogen and oxygen atoms in total. The van der Waals surface area contributed by atoms with Gasteiger partial charge in [0.25, 0.3) is 0 Å². The molecule has 0 radical (unpaired) electrons. The Labute approximate surface area is 150 Å². The van der Waals surface area contributed by atoms with Crippen LogP contribution in [-0.2, 0) is 16.1 Å². The zero-order chi connectivity index (χ0) is 17.8. The van der Waals surface area contributed by atoms with Gasteiger partial charge < -0.3 is 20.7 Å². The summed E-state index contributed by atoms with van der Waals surface area (Å²) in [6, 6.07) is 4.37. The third-order valence-corrected chi connectivity index (χ3v) is 5.48. The lowest BCUT2D eigenvalue weighted by Gasteiger charge is -2.34. The summed E-state index contributed by atoms with van der Waals surface area (Å²) in [4.78, 5) is 19.9. The van der Waals surface area contributed by atoms with Gasteiger partial charge in [0.05, 0.1) is 12.3 Å². The highest BCUT2D eigenvalue weighted by atomic mass is 16.5. The number of carbonyl (C=O) groups is 1. The first kappa shape index (κ1) is 18.1. The van der Waals surface area contributed by atoms with E-state index in [4.69, 9.17) is 15.5 Å². The fourth-order valence-corrected chi connectivity index (χ4v) is 4.37. The second-order valence-electron chi connectivity index (χ2n) is 7.25. The average molecular weight is 346 g/mol. The number of pyridine rings is 1. The molecule has 6 heteroatoms. The van der Waals surface area contributed by atoms with Crippen LogP contribution in [0.1, 0.15) is 43.4 Å². The van der Waals surface area contributed by atoms with Gasteiger partial charge in [-0.05, 0) is 49.8 Å². The van der Waals surface area contributed by atoms with Crippen molar-refractivity contribution in [1.29, 1.82) is 0 Å². The van der Waals surface area contributed by atoms with Crippen molar-refractivity contribution in [2.24, 2.45) is 11.7 Å². The summed E-state index contributed by atoms with van der Waals surface area (Å²) >= 11 is 0. The molecule has 2 fully saturated rings. The first-order valence-electron chi connectivity index (χ1n) is 9.36. The summed E-state index contributed by atoms with van der Waals surface area (Å²) in [6.07, 6.45) is 5.75. The van der Waals surface area contributed by atoms with Crippen molar-refractivity contribution in [2.75, 3.05) is 25.2 Å². The lowest BCUT2D eigenvalue weighted by Crippen LogP contribution is -2.47. The van der Waals surface area contributed by atoms with Gasteiger partial charge in [-0.2, -0.15) is 0 Å². The molecular formula is C19H30N4O2. The standard InChI is InChI=1S/C19H30N4O2/c1-13-9-15(12-20)22-18(10-13)23-16-6-4-3-5-14(16)11-17(23)19(24)21-7-8-25-2/h9-10,14,16-17H,3-8,11-12,20H2,1-2H3,(H,21,24)/t14-,16-,17-/m0/s1. The number of amides is 1. The predicted molar refractivity (Wildman–Crippen MR) is 98.4 cm³/mol. The van der Waals surface area contributed by atoms with Gasteiger partial charge in [0.1, 0.15) is 11.9 Å². The first-order valence-corrected chi connectivity index (χ1v) is 9.36. The van der Waals surface area contributed by atoms with Gasteiger partial charge in [-0.3, -0.25) is 4.79 Å². The molecule has 0 unspecified atom stereocenters. The minimum Gasteiger partial charge on any atom is -0.383 e. The van der Waals surface area contributed by atoms with Crippen LogP contribution in [0, 0.1) is 12.8 Å². The van der Waals surface area contributed by atoms with Gasteiger partial charge in [-0.1, -0.05) is 12.8 Å². The van der Waals surface area contributed by atoms with Crippen LogP contribution >= 0.6 is 0 Å². The second kappa shape index (κ2) is 8.15. The molecule has 1 aliphatic carbocycles. The summed E-state index contributed by atoms with van der Waals surface area (Å²) in [5, 5.41) is 3.02. The Morgan fingerprint density at radius 3 is 2.96 bits per heavy atom. The number of hydrogen-bond donors (Lipinski definition) is 2. The maximum Gasteiger partial charge on any atom is 0.242 e. The SMILES string of the molecule is COCCNC(=O)[C@@H]1C[C@@H]2CCCC[C@@H]2N1c1cc(C)cc(CN)n1. The van der Waals surface area contributed by atoms with Crippen molar-refractivity contribution >= 4 is 11.7 Å². The Hall–Kier alpha value is -1.66. The predicted octanol–water partition coefficient (Wildman–Crippen LogP) is 1.75. The first-order chi connectivity index (χ1) is 12.1. The van der Waals surface area contributed by atoms with Crippen LogP contribution in [0.4, 0.5) is 5.82 Å². The van der Waals surface area contributed by atoms with Gasteiger partial charge in [0, 0.05) is 26.2 Å². The number of anilines is 1. The molecule has 3 N–H and O–H groups in total. The number of rotatable bonds is 6. The summed E-state index contributed by atoms with van der Waals surface area (Å²) < 4.78 is 5.05. The molecule has 0 spiro atoms. The van der Waals surface area contributed by atoms with E-state index in [1.54, 1.807) is 7.11 Å². The van der Waals surface area contributed by atoms with Crippen molar-refractivity contribution in [2.45, 2.75) is 57.7 Å². The maximum atomic E-state index is 12.8. The Morgan fingerprint density at radius 2 is 2.20 bits per heavy atom. The number of aryl methyl sites for hydroxylation is 1. The minimum atomic E-state index is -0.148. The highest BCUT2D eigenvalue weighted by Crippen LogP contribution is 2.42. The van der Waals surface area contributed by atoms with E-state index < -0.39 is 0 Å². The Bertz CT molecular complexity index is 607. The second-order valence-corrected chi connectivity index (χ2v) is 7.25. The van der Waals surface area contributed by atoms with Crippen molar-refractivity contribution in [3.8, 4) is 0 Å². The molecule has 2 aliphatic rings. The number of fused-ring (bicyclic) bond motifs is 1. The highest BCUT2D eigenvalue weighted by Gasteiger charge is 2.45. The van der Waals surface area contributed by atoms with Crippen molar-refractivity contribution in [1.82, 2.24) is 10.3 Å². The summed E-state index contributed by atoms with van der Waals surface area (Å²) in [5.41, 5.74) is 7.84. The van der Waals surface area contributed by atoms with E-state index in [1.807, 2.05) is 6.07 Å². The highest BCUT2D eigenvalue weighted by molar-refractivity contribution is 5.86. The van der Waals surface area contributed by atoms with Gasteiger partial charge >= 0.3 is 0 Å². The zero-order valence-corrected chi connectivity index (χ0v) is 15.3. The molecule has 138 valence electrons. The topological polar surface area (TPSA) is 80.5 Å². The number of nitrogens with zero attached hydrogens (tertiary/aromatic N) is 2. The molecule has 1 saturated carbocycles. The van der Waals surface area contributed by atoms with Gasteiger partial charge in [0.15, 0.2) is 0 Å². The fraction of sp³-hybridized carbons (Fsp3) is 0.684. The maximum absolute atomic E-state index is 12.8. The molecule has 2 heterocycles. The van der Waals surface area contributed by atoms with E-state index >= 15 is 0 Å².